The summed E-state index contributed by atoms with van der Waals surface area (Å²) in [7, 11) is 8.69. The molecule has 0 atom stereocenters. The molecule has 4 rings (SSSR count). The van der Waals surface area contributed by atoms with Gasteiger partial charge in [0.25, 0.3) is 11.8 Å². The van der Waals surface area contributed by atoms with Crippen LogP contribution in [0.25, 0.3) is 11.1 Å². The number of carbonyl (C=O) groups is 4. The van der Waals surface area contributed by atoms with E-state index in [0.29, 0.717) is 40.4 Å². The molecule has 0 radical (unpaired) electrons. The number of methoxy groups -OCH3 is 1. The van der Waals surface area contributed by atoms with Gasteiger partial charge in [-0.2, -0.15) is 0 Å². The number of nitrogens with one attached hydrogen (secondary N) is 3. The summed E-state index contributed by atoms with van der Waals surface area (Å²) in [5.41, 5.74) is 4.46. The van der Waals surface area contributed by atoms with Crippen molar-refractivity contribution in [1.82, 2.24) is 14.0 Å². The van der Waals surface area contributed by atoms with Crippen molar-refractivity contribution in [2.24, 2.45) is 14.1 Å². The van der Waals surface area contributed by atoms with E-state index in [4.69, 9.17) is 4.74 Å². The molecule has 3 N–H and O–H groups in total. The molecule has 0 fully saturated rings. The minimum absolute atomic E-state index is 0.111. The predicted octanol–water partition coefficient (Wildman–Crippen LogP) is 4.60. The Morgan fingerprint density at radius 3 is 1.91 bits per heavy atom. The number of nitrogens with zero attached hydrogens (tertiary/aromatic N) is 3. The molecule has 0 aliphatic heterocycles. The third-order valence-electron chi connectivity index (χ3n) is 6.79. The van der Waals surface area contributed by atoms with Crippen LogP contribution in [0.5, 0.6) is 0 Å². The lowest BCUT2D eigenvalue weighted by molar-refractivity contribution is -0.116. The zero-order valence-electron chi connectivity index (χ0n) is 24.9. The lowest BCUT2D eigenvalue weighted by Crippen LogP contribution is -2.17. The molecule has 0 unspecified atom stereocenters. The van der Waals surface area contributed by atoms with E-state index in [2.05, 4.69) is 16.0 Å². The Kier molecular flexibility index (Phi) is 9.79. The van der Waals surface area contributed by atoms with Crippen molar-refractivity contribution < 1.29 is 23.9 Å². The van der Waals surface area contributed by atoms with Crippen LogP contribution in [0.2, 0.25) is 0 Å². The minimum Gasteiger partial charge on any atom is -0.465 e. The maximum absolute atomic E-state index is 13.0. The molecular formula is C32H36N6O5. The predicted molar refractivity (Wildman–Crippen MR) is 166 cm³/mol. The molecule has 0 bridgehead atoms. The van der Waals surface area contributed by atoms with Gasteiger partial charge in [-0.1, -0.05) is 24.3 Å². The highest BCUT2D eigenvalue weighted by Gasteiger charge is 2.17. The van der Waals surface area contributed by atoms with Gasteiger partial charge in [0.2, 0.25) is 5.91 Å². The van der Waals surface area contributed by atoms with Crippen molar-refractivity contribution in [1.29, 1.82) is 0 Å². The van der Waals surface area contributed by atoms with Gasteiger partial charge in [0, 0.05) is 38.6 Å². The van der Waals surface area contributed by atoms with Gasteiger partial charge in [0.1, 0.15) is 11.4 Å². The van der Waals surface area contributed by atoms with Crippen LogP contribution >= 0.6 is 0 Å². The highest BCUT2D eigenvalue weighted by molar-refractivity contribution is 6.07. The molecule has 43 heavy (non-hydrogen) atoms. The fourth-order valence-electron chi connectivity index (χ4n) is 4.58. The first-order chi connectivity index (χ1) is 20.5. The van der Waals surface area contributed by atoms with Crippen molar-refractivity contribution in [3.63, 3.8) is 0 Å². The average molecular weight is 585 g/mol. The van der Waals surface area contributed by atoms with Crippen LogP contribution in [-0.4, -0.2) is 65.5 Å². The van der Waals surface area contributed by atoms with Gasteiger partial charge in [0.15, 0.2) is 0 Å². The summed E-state index contributed by atoms with van der Waals surface area (Å²) >= 11 is 0. The lowest BCUT2D eigenvalue weighted by Gasteiger charge is -2.08. The molecule has 4 aromatic rings. The summed E-state index contributed by atoms with van der Waals surface area (Å²) in [5.74, 6) is -1.24. The van der Waals surface area contributed by atoms with Crippen LogP contribution in [0.15, 0.2) is 73.1 Å². The summed E-state index contributed by atoms with van der Waals surface area (Å²) in [6.45, 7) is 0.813. The second-order valence-electron chi connectivity index (χ2n) is 10.5. The number of aromatic nitrogens is 2. The first-order valence-corrected chi connectivity index (χ1v) is 13.7. The monoisotopic (exact) mass is 584 g/mol. The van der Waals surface area contributed by atoms with Crippen LogP contribution in [0.3, 0.4) is 0 Å². The van der Waals surface area contributed by atoms with Gasteiger partial charge in [-0.05, 0) is 74.6 Å². The number of aryl methyl sites for hydroxylation is 2. The molecule has 0 aliphatic rings. The zero-order chi connectivity index (χ0) is 31.1. The van der Waals surface area contributed by atoms with Gasteiger partial charge in [0.05, 0.1) is 24.0 Å². The van der Waals surface area contributed by atoms with Crippen molar-refractivity contribution in [3.05, 3.63) is 90.0 Å². The van der Waals surface area contributed by atoms with Crippen molar-refractivity contribution >= 4 is 40.8 Å². The SMILES string of the molecule is COC(=O)c1cccc(-c2ccc(NC(=O)c3cc(NC(=O)c4cc(NC(=O)CCCN(C)C)cn4C)cn3C)cc2)c1. The van der Waals surface area contributed by atoms with Gasteiger partial charge >= 0.3 is 5.97 Å². The highest BCUT2D eigenvalue weighted by atomic mass is 16.5. The Bertz CT molecular complexity index is 1630. The van der Waals surface area contributed by atoms with Gasteiger partial charge < -0.3 is 34.7 Å². The number of esters is 1. The number of hydrogen-bond donors (Lipinski definition) is 3. The van der Waals surface area contributed by atoms with E-state index >= 15 is 0 Å². The summed E-state index contributed by atoms with van der Waals surface area (Å²) in [6.07, 6.45) is 4.46. The molecule has 0 spiro atoms. The average Bonchev–Trinajstić information content (AvgIpc) is 3.53. The number of carbonyl (C=O) groups excluding carboxylic acids is 4. The van der Waals surface area contributed by atoms with Crippen LogP contribution in [0.1, 0.15) is 44.2 Å². The van der Waals surface area contributed by atoms with Crippen LogP contribution < -0.4 is 16.0 Å². The molecule has 2 heterocycles. The fraction of sp³-hybridized carbons (Fsp3) is 0.250. The van der Waals surface area contributed by atoms with E-state index in [0.717, 1.165) is 24.1 Å². The van der Waals surface area contributed by atoms with Gasteiger partial charge in [-0.25, -0.2) is 4.79 Å². The number of benzene rings is 2. The molecule has 0 saturated carbocycles. The molecular weight excluding hydrogens is 548 g/mol. The Morgan fingerprint density at radius 2 is 1.33 bits per heavy atom. The maximum Gasteiger partial charge on any atom is 0.337 e. The highest BCUT2D eigenvalue weighted by Crippen LogP contribution is 2.24. The van der Waals surface area contributed by atoms with E-state index in [1.807, 2.05) is 37.2 Å². The Labute approximate surface area is 250 Å². The quantitative estimate of drug-likeness (QED) is 0.221. The van der Waals surface area contributed by atoms with E-state index in [1.54, 1.807) is 78.1 Å². The van der Waals surface area contributed by atoms with Gasteiger partial charge in [-0.3, -0.25) is 14.4 Å². The van der Waals surface area contributed by atoms with E-state index in [9.17, 15) is 19.2 Å². The van der Waals surface area contributed by atoms with Crippen molar-refractivity contribution in [2.45, 2.75) is 12.8 Å². The topological polar surface area (TPSA) is 127 Å². The van der Waals surface area contributed by atoms with Crippen LogP contribution in [-0.2, 0) is 23.6 Å². The largest absolute Gasteiger partial charge is 0.465 e. The Hall–Kier alpha value is -5.16. The van der Waals surface area contributed by atoms with Crippen molar-refractivity contribution in [2.75, 3.05) is 43.7 Å². The zero-order valence-corrected chi connectivity index (χ0v) is 24.9. The summed E-state index contributed by atoms with van der Waals surface area (Å²) in [4.78, 5) is 52.2. The van der Waals surface area contributed by atoms with E-state index in [1.165, 1.54) is 7.11 Å². The molecule has 3 amide bonds. The first-order valence-electron chi connectivity index (χ1n) is 13.7. The first kappa shape index (κ1) is 30.8. The normalized spacial score (nSPS) is 10.8. The molecule has 11 nitrogen and oxygen atoms in total. The van der Waals surface area contributed by atoms with Crippen molar-refractivity contribution in [3.8, 4) is 11.1 Å². The number of anilines is 3. The summed E-state index contributed by atoms with van der Waals surface area (Å²) < 4.78 is 8.06. The van der Waals surface area contributed by atoms with Gasteiger partial charge in [-0.15, -0.1) is 0 Å². The maximum atomic E-state index is 13.0. The third-order valence-corrected chi connectivity index (χ3v) is 6.79. The molecule has 224 valence electrons. The standard InChI is InChI=1S/C32H36N6O5/c1-36(2)15-7-10-29(39)33-25-17-27(37(3)19-25)31(41)35-26-18-28(38(4)20-26)30(40)34-24-13-11-21(12-14-24)22-8-6-9-23(16-22)32(42)43-5/h6,8-9,11-14,16-20H,7,10,15H2,1-5H3,(H,33,39)(H,34,40)(H,35,41). The van der Waals surface area contributed by atoms with Crippen LogP contribution in [0, 0.1) is 0 Å². The third kappa shape index (κ3) is 7.98. The molecule has 0 saturated heterocycles. The summed E-state index contributed by atoms with van der Waals surface area (Å²) in [6, 6.07) is 17.6. The molecule has 0 aliphatic carbocycles. The minimum atomic E-state index is -0.410. The Morgan fingerprint density at radius 1 is 0.744 bits per heavy atom. The summed E-state index contributed by atoms with van der Waals surface area (Å²) in [5, 5.41) is 8.53. The number of ether oxygens (including phenoxy) is 1. The number of amides is 3. The lowest BCUT2D eigenvalue weighted by atomic mass is 10.0. The Balaban J connectivity index is 1.37. The molecule has 2 aromatic carbocycles. The van der Waals surface area contributed by atoms with E-state index < -0.39 is 5.97 Å². The molecule has 2 aromatic heterocycles. The number of hydrogen-bond acceptors (Lipinski definition) is 6. The fourth-order valence-corrected chi connectivity index (χ4v) is 4.58. The van der Waals surface area contributed by atoms with E-state index in [-0.39, 0.29) is 17.7 Å². The van der Waals surface area contributed by atoms with Crippen LogP contribution in [0.4, 0.5) is 17.1 Å². The number of rotatable bonds is 11. The second-order valence-corrected chi connectivity index (χ2v) is 10.5. The smallest absolute Gasteiger partial charge is 0.337 e. The molecule has 11 heteroatoms. The second kappa shape index (κ2) is 13.7.